The lowest BCUT2D eigenvalue weighted by molar-refractivity contribution is 0.0493. The maximum absolute atomic E-state index is 14.6. The van der Waals surface area contributed by atoms with Crippen molar-refractivity contribution in [3.63, 3.8) is 0 Å². The summed E-state index contributed by atoms with van der Waals surface area (Å²) in [4.78, 5) is 0. The van der Waals surface area contributed by atoms with Crippen LogP contribution in [0.25, 0.3) is 0 Å². The number of hydrogen-bond acceptors (Lipinski definition) is 2. The summed E-state index contributed by atoms with van der Waals surface area (Å²) in [6.07, 6.45) is 6.37. The Hall–Kier alpha value is -3.31. The predicted molar refractivity (Wildman–Crippen MR) is 145 cm³/mol. The van der Waals surface area contributed by atoms with E-state index in [1.807, 2.05) is 20.8 Å². The molecule has 0 aromatic carbocycles. The fraction of sp³-hybridized carbons (Fsp3) is 0.267. The predicted octanol–water partition coefficient (Wildman–Crippen LogP) is 9.30. The van der Waals surface area contributed by atoms with Gasteiger partial charge < -0.3 is 9.47 Å². The van der Waals surface area contributed by atoms with Crippen LogP contribution in [0.3, 0.4) is 0 Å². The van der Waals surface area contributed by atoms with Crippen LogP contribution >= 0.6 is 0 Å². The summed E-state index contributed by atoms with van der Waals surface area (Å²) in [7, 11) is 0. The molecule has 2 unspecified atom stereocenters. The van der Waals surface area contributed by atoms with Crippen LogP contribution in [0, 0.1) is 5.92 Å². The van der Waals surface area contributed by atoms with Gasteiger partial charge in [-0.15, -0.1) is 13.2 Å². The second-order valence-electron chi connectivity index (χ2n) is 7.51. The summed E-state index contributed by atoms with van der Waals surface area (Å²) < 4.78 is 53.5. The molecule has 0 saturated carbocycles. The number of rotatable bonds is 16. The minimum atomic E-state index is -1.29. The lowest BCUT2D eigenvalue weighted by Crippen LogP contribution is -2.14. The second-order valence-corrected chi connectivity index (χ2v) is 7.51. The summed E-state index contributed by atoms with van der Waals surface area (Å²) in [5.74, 6) is -3.74. The molecule has 5 heteroatoms. The number of allylic oxidation sites excluding steroid dienone is 10. The van der Waals surface area contributed by atoms with Gasteiger partial charge in [-0.1, -0.05) is 78.1 Å². The Morgan fingerprint density at radius 2 is 1.37 bits per heavy atom. The first kappa shape index (κ1) is 33.9. The van der Waals surface area contributed by atoms with E-state index in [1.54, 1.807) is 0 Å². The minimum Gasteiger partial charge on any atom is -0.487 e. The maximum Gasteiger partial charge on any atom is 0.200 e. The van der Waals surface area contributed by atoms with Crippen molar-refractivity contribution in [2.75, 3.05) is 13.2 Å². The SMILES string of the molecule is C=C.C=CCOC(=C)/C(F)=C(/F)C(=C)C(=C)/C=C\C(=C)C(=C)/C(F)=C\C(=C)C(C)COC(C)CC. The van der Waals surface area contributed by atoms with Crippen LogP contribution in [0.4, 0.5) is 13.2 Å². The molecule has 35 heavy (non-hydrogen) atoms. The summed E-state index contributed by atoms with van der Waals surface area (Å²) in [5.41, 5.74) is 0.530. The molecule has 0 aromatic heterocycles. The third-order valence-electron chi connectivity index (χ3n) is 4.78. The van der Waals surface area contributed by atoms with Gasteiger partial charge in [-0.2, -0.15) is 4.39 Å². The molecule has 0 rings (SSSR count). The highest BCUT2D eigenvalue weighted by Crippen LogP contribution is 2.28. The van der Waals surface area contributed by atoms with Crippen LogP contribution in [0.5, 0.6) is 0 Å². The smallest absolute Gasteiger partial charge is 0.200 e. The molecule has 0 bridgehead atoms. The summed E-state index contributed by atoms with van der Waals surface area (Å²) in [6.45, 7) is 37.5. The van der Waals surface area contributed by atoms with Crippen molar-refractivity contribution in [1.82, 2.24) is 0 Å². The molecule has 0 saturated heterocycles. The average molecular weight is 489 g/mol. The standard InChI is InChI=1S/C28H35F3O2.C2H4/c1-11-15-32-25(10)28(31)27(30)24(9)19(4)14-13-18(3)23(8)26(29)16-20(5)21(6)17-33-22(7)12-2;1-2/h11,13-14,16,21-22H,1,3-5,8-10,12,15,17H2,2,6-7H3;1-2H2/b14-13-,26-16+,28-27-;. The lowest BCUT2D eigenvalue weighted by atomic mass is 9.99. The quantitative estimate of drug-likeness (QED) is 0.122. The molecular formula is C30H39F3O2. The Morgan fingerprint density at radius 3 is 1.86 bits per heavy atom. The van der Waals surface area contributed by atoms with Crippen molar-refractivity contribution in [2.45, 2.75) is 33.3 Å². The Morgan fingerprint density at radius 1 is 0.857 bits per heavy atom. The van der Waals surface area contributed by atoms with Crippen molar-refractivity contribution in [3.8, 4) is 0 Å². The first-order valence-corrected chi connectivity index (χ1v) is 11.0. The van der Waals surface area contributed by atoms with Crippen molar-refractivity contribution in [1.29, 1.82) is 0 Å². The van der Waals surface area contributed by atoms with Gasteiger partial charge in [-0.25, -0.2) is 8.78 Å². The van der Waals surface area contributed by atoms with E-state index < -0.39 is 23.2 Å². The Kier molecular flexibility index (Phi) is 17.5. The second kappa shape index (κ2) is 18.1. The molecule has 2 nitrogen and oxygen atoms in total. The maximum atomic E-state index is 14.6. The first-order chi connectivity index (χ1) is 16.4. The topological polar surface area (TPSA) is 18.5 Å². The zero-order valence-corrected chi connectivity index (χ0v) is 21.4. The molecule has 0 aliphatic carbocycles. The van der Waals surface area contributed by atoms with E-state index in [2.05, 4.69) is 59.2 Å². The minimum absolute atomic E-state index is 0.0225. The van der Waals surface area contributed by atoms with Crippen LogP contribution in [-0.2, 0) is 9.47 Å². The first-order valence-electron chi connectivity index (χ1n) is 11.0. The summed E-state index contributed by atoms with van der Waals surface area (Å²) >= 11 is 0. The summed E-state index contributed by atoms with van der Waals surface area (Å²) in [6, 6.07) is 0. The highest BCUT2D eigenvalue weighted by atomic mass is 19.2. The van der Waals surface area contributed by atoms with Gasteiger partial charge in [0, 0.05) is 17.1 Å². The Labute approximate surface area is 209 Å². The van der Waals surface area contributed by atoms with E-state index in [9.17, 15) is 13.2 Å². The molecule has 192 valence electrons. The van der Waals surface area contributed by atoms with Gasteiger partial charge in [0.1, 0.15) is 12.4 Å². The Bertz CT molecular complexity index is 916. The van der Waals surface area contributed by atoms with Gasteiger partial charge in [0.25, 0.3) is 0 Å². The molecular weight excluding hydrogens is 449 g/mol. The van der Waals surface area contributed by atoms with Crippen LogP contribution in [0.15, 0.2) is 135 Å². The Balaban J connectivity index is 0. The van der Waals surface area contributed by atoms with Crippen LogP contribution in [0.2, 0.25) is 0 Å². The molecule has 0 fully saturated rings. The zero-order chi connectivity index (χ0) is 27.7. The summed E-state index contributed by atoms with van der Waals surface area (Å²) in [5, 5.41) is 0. The van der Waals surface area contributed by atoms with Crippen molar-refractivity contribution in [2.24, 2.45) is 5.92 Å². The highest BCUT2D eigenvalue weighted by molar-refractivity contribution is 5.53. The molecule has 2 atom stereocenters. The molecule has 0 aromatic rings. The van der Waals surface area contributed by atoms with Crippen LogP contribution < -0.4 is 0 Å². The van der Waals surface area contributed by atoms with Gasteiger partial charge in [0.15, 0.2) is 11.6 Å². The number of ether oxygens (including phenoxy) is 2. The van der Waals surface area contributed by atoms with Crippen molar-refractivity contribution in [3.05, 3.63) is 135 Å². The average Bonchev–Trinajstić information content (AvgIpc) is 2.87. The van der Waals surface area contributed by atoms with Gasteiger partial charge in [-0.3, -0.25) is 0 Å². The molecule has 0 heterocycles. The molecule has 0 aliphatic heterocycles. The number of hydrogen-bond donors (Lipinski definition) is 0. The van der Waals surface area contributed by atoms with E-state index in [1.165, 1.54) is 24.3 Å². The van der Waals surface area contributed by atoms with Crippen LogP contribution in [-0.4, -0.2) is 19.3 Å². The number of halogens is 3. The largest absolute Gasteiger partial charge is 0.487 e. The third kappa shape index (κ3) is 12.6. The van der Waals surface area contributed by atoms with Gasteiger partial charge in [0.05, 0.1) is 12.7 Å². The fourth-order valence-corrected chi connectivity index (χ4v) is 2.10. The van der Waals surface area contributed by atoms with Gasteiger partial charge >= 0.3 is 0 Å². The monoisotopic (exact) mass is 488 g/mol. The van der Waals surface area contributed by atoms with Crippen molar-refractivity contribution >= 4 is 0 Å². The molecule has 0 aliphatic rings. The van der Waals surface area contributed by atoms with E-state index in [0.717, 1.165) is 6.42 Å². The van der Waals surface area contributed by atoms with Crippen molar-refractivity contribution < 1.29 is 22.6 Å². The zero-order valence-electron chi connectivity index (χ0n) is 21.4. The van der Waals surface area contributed by atoms with Crippen LogP contribution in [0.1, 0.15) is 27.2 Å². The van der Waals surface area contributed by atoms with Gasteiger partial charge in [-0.05, 0) is 36.1 Å². The normalized spacial score (nSPS) is 13.5. The fourth-order valence-electron chi connectivity index (χ4n) is 2.10. The highest BCUT2D eigenvalue weighted by Gasteiger charge is 2.16. The molecule has 0 radical (unpaired) electrons. The van der Waals surface area contributed by atoms with Gasteiger partial charge in [0.2, 0.25) is 5.83 Å². The molecule has 0 N–H and O–H groups in total. The lowest BCUT2D eigenvalue weighted by Gasteiger charge is -2.16. The van der Waals surface area contributed by atoms with E-state index in [4.69, 9.17) is 9.47 Å². The van der Waals surface area contributed by atoms with E-state index in [0.29, 0.717) is 12.2 Å². The van der Waals surface area contributed by atoms with E-state index >= 15 is 0 Å². The molecule has 0 spiro atoms. The van der Waals surface area contributed by atoms with E-state index in [-0.39, 0.29) is 40.9 Å². The molecule has 0 amide bonds. The third-order valence-corrected chi connectivity index (χ3v) is 4.78.